The van der Waals surface area contributed by atoms with Gasteiger partial charge in [0.2, 0.25) is 5.91 Å². The summed E-state index contributed by atoms with van der Waals surface area (Å²) in [5.41, 5.74) is 5.98. The first-order chi connectivity index (χ1) is 14.0. The topological polar surface area (TPSA) is 60.5 Å². The first kappa shape index (κ1) is 19.1. The van der Waals surface area contributed by atoms with Gasteiger partial charge in [-0.2, -0.15) is 5.26 Å². The molecule has 3 aromatic rings. The molecule has 0 saturated carbocycles. The molecule has 5 heteroatoms. The molecule has 1 amide bonds. The van der Waals surface area contributed by atoms with Crippen molar-refractivity contribution in [1.82, 2.24) is 4.90 Å². The number of nitriles is 1. The maximum Gasteiger partial charge on any atom is 0.227 e. The fourth-order valence-electron chi connectivity index (χ4n) is 3.92. The average Bonchev–Trinajstić information content (AvgIpc) is 2.94. The third kappa shape index (κ3) is 3.97. The van der Waals surface area contributed by atoms with Crippen molar-refractivity contribution in [2.24, 2.45) is 0 Å². The van der Waals surface area contributed by atoms with E-state index in [-0.39, 0.29) is 5.91 Å². The van der Waals surface area contributed by atoms with Gasteiger partial charge >= 0.3 is 0 Å². The smallest absolute Gasteiger partial charge is 0.227 e. The highest BCUT2D eigenvalue weighted by molar-refractivity contribution is 5.88. The maximum atomic E-state index is 13.0. The zero-order valence-electron chi connectivity index (χ0n) is 16.9. The van der Waals surface area contributed by atoms with Gasteiger partial charge in [-0.15, -0.1) is 0 Å². The second-order valence-corrected chi connectivity index (χ2v) is 7.75. The molecule has 0 unspecified atom stereocenters. The fraction of sp³-hybridized carbons (Fsp3) is 0.333. The highest BCUT2D eigenvalue weighted by atomic mass is 16.3. The number of carbonyl (C=O) groups is 1. The molecule has 0 N–H and O–H groups in total. The first-order valence-corrected chi connectivity index (χ1v) is 10.1. The van der Waals surface area contributed by atoms with Gasteiger partial charge in [-0.3, -0.25) is 4.79 Å². The first-order valence-electron chi connectivity index (χ1n) is 10.1. The van der Waals surface area contributed by atoms with Crippen LogP contribution in [0.3, 0.4) is 0 Å². The molecule has 29 heavy (non-hydrogen) atoms. The monoisotopic (exact) mass is 387 g/mol. The molecule has 5 nitrogen and oxygen atoms in total. The largest absolute Gasteiger partial charge is 0.464 e. The molecule has 0 atom stereocenters. The lowest BCUT2D eigenvalue weighted by Gasteiger charge is -2.23. The molecule has 148 valence electrons. The summed E-state index contributed by atoms with van der Waals surface area (Å²) < 4.78 is 5.69. The van der Waals surface area contributed by atoms with Crippen molar-refractivity contribution in [3.8, 4) is 6.07 Å². The molecule has 0 spiro atoms. The Morgan fingerprint density at radius 1 is 1.07 bits per heavy atom. The number of nitrogens with zero attached hydrogens (tertiary/aromatic N) is 3. The van der Waals surface area contributed by atoms with E-state index in [4.69, 9.17) is 9.68 Å². The van der Waals surface area contributed by atoms with Gasteiger partial charge in [0.1, 0.15) is 5.58 Å². The highest BCUT2D eigenvalue weighted by Crippen LogP contribution is 2.26. The molecule has 1 fully saturated rings. The summed E-state index contributed by atoms with van der Waals surface area (Å²) in [4.78, 5) is 17.2. The minimum atomic E-state index is 0.146. The van der Waals surface area contributed by atoms with E-state index in [1.54, 1.807) is 6.26 Å². The molecule has 1 aliphatic heterocycles. The van der Waals surface area contributed by atoms with Gasteiger partial charge in [0.25, 0.3) is 0 Å². The number of benzene rings is 2. The molecule has 0 bridgehead atoms. The lowest BCUT2D eigenvalue weighted by atomic mass is 10.0. The van der Waals surface area contributed by atoms with Crippen LogP contribution in [0.5, 0.6) is 0 Å². The van der Waals surface area contributed by atoms with Crippen molar-refractivity contribution >= 4 is 22.6 Å². The van der Waals surface area contributed by atoms with E-state index in [1.165, 1.54) is 11.1 Å². The van der Waals surface area contributed by atoms with Crippen molar-refractivity contribution < 1.29 is 9.21 Å². The summed E-state index contributed by atoms with van der Waals surface area (Å²) in [6.07, 6.45) is 3.02. The summed E-state index contributed by atoms with van der Waals surface area (Å²) in [7, 11) is 0. The van der Waals surface area contributed by atoms with E-state index in [9.17, 15) is 4.79 Å². The Kier molecular flexibility index (Phi) is 5.26. The highest BCUT2D eigenvalue weighted by Gasteiger charge is 2.21. The second-order valence-electron chi connectivity index (χ2n) is 7.75. The molecule has 1 saturated heterocycles. The zero-order chi connectivity index (χ0) is 20.4. The van der Waals surface area contributed by atoms with Crippen LogP contribution in [0.25, 0.3) is 11.0 Å². The number of furan rings is 1. The van der Waals surface area contributed by atoms with Crippen LogP contribution in [0.15, 0.2) is 47.1 Å². The number of anilines is 1. The predicted molar refractivity (Wildman–Crippen MR) is 114 cm³/mol. The van der Waals surface area contributed by atoms with E-state index in [0.29, 0.717) is 18.5 Å². The van der Waals surface area contributed by atoms with Crippen molar-refractivity contribution in [1.29, 1.82) is 5.26 Å². The van der Waals surface area contributed by atoms with Crippen LogP contribution in [-0.2, 0) is 11.2 Å². The van der Waals surface area contributed by atoms with Gasteiger partial charge in [-0.25, -0.2) is 0 Å². The summed E-state index contributed by atoms with van der Waals surface area (Å²) in [5, 5.41) is 10.0. The Labute approximate surface area is 171 Å². The van der Waals surface area contributed by atoms with E-state index < -0.39 is 0 Å². The van der Waals surface area contributed by atoms with E-state index in [1.807, 2.05) is 35.2 Å². The number of fused-ring (bicyclic) bond motifs is 1. The van der Waals surface area contributed by atoms with Crippen LogP contribution in [0.1, 0.15) is 28.7 Å². The predicted octanol–water partition coefficient (Wildman–Crippen LogP) is 4.20. The third-order valence-corrected chi connectivity index (χ3v) is 5.82. The van der Waals surface area contributed by atoms with Crippen LogP contribution in [0.4, 0.5) is 5.69 Å². The van der Waals surface area contributed by atoms with Crippen LogP contribution >= 0.6 is 0 Å². The lowest BCUT2D eigenvalue weighted by molar-refractivity contribution is -0.130. The lowest BCUT2D eigenvalue weighted by Crippen LogP contribution is -2.36. The summed E-state index contributed by atoms with van der Waals surface area (Å²) in [6, 6.07) is 14.0. The van der Waals surface area contributed by atoms with Gasteiger partial charge in [0, 0.05) is 42.8 Å². The second kappa shape index (κ2) is 8.00. The summed E-state index contributed by atoms with van der Waals surface area (Å²) in [5.74, 6) is 0.146. The van der Waals surface area contributed by atoms with E-state index in [2.05, 4.69) is 30.9 Å². The molecule has 4 rings (SSSR count). The molecule has 1 aliphatic rings. The van der Waals surface area contributed by atoms with Crippen LogP contribution in [0, 0.1) is 25.2 Å². The quantitative estimate of drug-likeness (QED) is 0.676. The van der Waals surface area contributed by atoms with Crippen molar-refractivity contribution in [2.45, 2.75) is 26.7 Å². The minimum Gasteiger partial charge on any atom is -0.464 e. The van der Waals surface area contributed by atoms with Crippen molar-refractivity contribution in [2.75, 3.05) is 31.1 Å². The normalized spacial score (nSPS) is 14.7. The van der Waals surface area contributed by atoms with Crippen LogP contribution in [-0.4, -0.2) is 37.0 Å². The number of carbonyl (C=O) groups excluding carboxylic acids is 1. The van der Waals surface area contributed by atoms with Gasteiger partial charge < -0.3 is 14.2 Å². The summed E-state index contributed by atoms with van der Waals surface area (Å²) in [6.45, 7) is 7.32. The molecular formula is C24H25N3O2. The van der Waals surface area contributed by atoms with Crippen molar-refractivity contribution in [3.05, 3.63) is 64.9 Å². The van der Waals surface area contributed by atoms with Crippen LogP contribution in [0.2, 0.25) is 0 Å². The van der Waals surface area contributed by atoms with E-state index in [0.717, 1.165) is 48.3 Å². The number of amides is 1. The van der Waals surface area contributed by atoms with Gasteiger partial charge in [0.15, 0.2) is 0 Å². The number of aryl methyl sites for hydroxylation is 2. The Bertz CT molecular complexity index is 1080. The standard InChI is InChI=1S/C24H25N3O2/c1-17-12-22-20(16-29-23(22)13-18(17)2)14-24(28)27-9-3-8-26(10-11-27)21-6-4-19(15-25)5-7-21/h4-7,12-13,16H,3,8-11,14H2,1-2H3. The molecule has 1 aromatic heterocycles. The molecule has 0 aliphatic carbocycles. The minimum absolute atomic E-state index is 0.146. The maximum absolute atomic E-state index is 13.0. The Balaban J connectivity index is 1.43. The molecule has 2 aromatic carbocycles. The van der Waals surface area contributed by atoms with E-state index >= 15 is 0 Å². The number of hydrogen-bond acceptors (Lipinski definition) is 4. The Hall–Kier alpha value is -3.26. The molecule has 0 radical (unpaired) electrons. The fourth-order valence-corrected chi connectivity index (χ4v) is 3.92. The summed E-state index contributed by atoms with van der Waals surface area (Å²) >= 11 is 0. The van der Waals surface area contributed by atoms with Crippen molar-refractivity contribution in [3.63, 3.8) is 0 Å². The average molecular weight is 387 g/mol. The molecule has 2 heterocycles. The van der Waals surface area contributed by atoms with Gasteiger partial charge in [-0.1, -0.05) is 0 Å². The SMILES string of the molecule is Cc1cc2occ(CC(=O)N3CCCN(c4ccc(C#N)cc4)CC3)c2cc1C. The number of rotatable bonds is 3. The molecular weight excluding hydrogens is 362 g/mol. The third-order valence-electron chi connectivity index (χ3n) is 5.82. The number of hydrogen-bond donors (Lipinski definition) is 0. The Morgan fingerprint density at radius 3 is 2.59 bits per heavy atom. The van der Waals surface area contributed by atoms with Gasteiger partial charge in [0.05, 0.1) is 24.3 Å². The van der Waals surface area contributed by atoms with Gasteiger partial charge in [-0.05, 0) is 67.8 Å². The zero-order valence-corrected chi connectivity index (χ0v) is 16.9. The Morgan fingerprint density at radius 2 is 1.83 bits per heavy atom. The van der Waals surface area contributed by atoms with Crippen LogP contribution < -0.4 is 4.90 Å².